The molecule has 0 fully saturated rings. The summed E-state index contributed by atoms with van der Waals surface area (Å²) in [5, 5.41) is 53.3. The highest BCUT2D eigenvalue weighted by atomic mass is 16.3. The highest BCUT2D eigenvalue weighted by Crippen LogP contribution is 2.12. The monoisotopic (exact) mass is 616 g/mol. The highest BCUT2D eigenvalue weighted by molar-refractivity contribution is 5.02. The van der Waals surface area contributed by atoms with Gasteiger partial charge in [0.2, 0.25) is 0 Å². The zero-order valence-corrected chi connectivity index (χ0v) is 28.6. The highest BCUT2D eigenvalue weighted by Gasteiger charge is 2.13. The maximum Gasteiger partial charge on any atom is 0.0747 e. The van der Waals surface area contributed by atoms with Crippen molar-refractivity contribution in [1.82, 2.24) is 39.1 Å². The molecule has 4 aromatic heterocycles. The van der Waals surface area contributed by atoms with Crippen LogP contribution in [-0.4, -0.2) is 84.0 Å². The predicted molar refractivity (Wildman–Crippen MR) is 173 cm³/mol. The van der Waals surface area contributed by atoms with E-state index < -0.39 is 0 Å². The summed E-state index contributed by atoms with van der Waals surface area (Å²) in [4.78, 5) is 0. The molecule has 4 rings (SSSR count). The van der Waals surface area contributed by atoms with Crippen LogP contribution >= 0.6 is 0 Å². The van der Waals surface area contributed by atoms with Gasteiger partial charge in [-0.1, -0.05) is 0 Å². The molecule has 8 atom stereocenters. The lowest BCUT2D eigenvalue weighted by Crippen LogP contribution is -2.18. The third kappa shape index (κ3) is 13.1. The van der Waals surface area contributed by atoms with E-state index >= 15 is 0 Å². The van der Waals surface area contributed by atoms with Gasteiger partial charge in [-0.2, -0.15) is 20.4 Å². The first-order valence-corrected chi connectivity index (χ1v) is 15.2. The fourth-order valence-electron chi connectivity index (χ4n) is 3.51. The van der Waals surface area contributed by atoms with E-state index in [0.29, 0.717) is 0 Å². The zero-order chi connectivity index (χ0) is 33.7. The van der Waals surface area contributed by atoms with Gasteiger partial charge in [-0.3, -0.25) is 18.7 Å². The van der Waals surface area contributed by atoms with Crippen LogP contribution in [-0.2, 0) is 0 Å². The molecule has 0 bridgehead atoms. The molecule has 4 N–H and O–H groups in total. The molecular weight excluding hydrogens is 560 g/mol. The summed E-state index contributed by atoms with van der Waals surface area (Å²) < 4.78 is 7.11. The number of nitrogens with zero attached hydrogens (tertiary/aromatic N) is 8. The lowest BCUT2D eigenvalue weighted by atomic mass is 10.2. The standard InChI is InChI=1S/4C8H14N2O/c4*1-6-4-9-10(5-6)7(2)8(3)11/h4*4-5,7-8,11H,1-3H3/t2*7-,8+;2*7-,8-/m1010/s1. The molecule has 12 nitrogen and oxygen atoms in total. The van der Waals surface area contributed by atoms with Crippen LogP contribution in [0.25, 0.3) is 0 Å². The van der Waals surface area contributed by atoms with Crippen LogP contribution in [0.4, 0.5) is 0 Å². The Bertz CT molecular complexity index is 1120. The van der Waals surface area contributed by atoms with Gasteiger partial charge in [0.05, 0.1) is 73.4 Å². The van der Waals surface area contributed by atoms with Crippen molar-refractivity contribution < 1.29 is 20.4 Å². The second-order valence-electron chi connectivity index (χ2n) is 11.9. The summed E-state index contributed by atoms with van der Waals surface area (Å²) in [6, 6.07) is 0.236. The van der Waals surface area contributed by atoms with E-state index in [-0.39, 0.29) is 48.6 Å². The van der Waals surface area contributed by atoms with Gasteiger partial charge in [0.1, 0.15) is 0 Å². The number of hydrogen-bond donors (Lipinski definition) is 4. The van der Waals surface area contributed by atoms with Crippen molar-refractivity contribution in [2.75, 3.05) is 0 Å². The first kappa shape index (κ1) is 38.7. The van der Waals surface area contributed by atoms with E-state index in [1.165, 1.54) is 0 Å². The van der Waals surface area contributed by atoms with Gasteiger partial charge < -0.3 is 20.4 Å². The van der Waals surface area contributed by atoms with Gasteiger partial charge in [-0.25, -0.2) is 0 Å². The minimum atomic E-state index is -0.353. The van der Waals surface area contributed by atoms with Crippen LogP contribution in [0.2, 0.25) is 0 Å². The van der Waals surface area contributed by atoms with Gasteiger partial charge in [-0.15, -0.1) is 0 Å². The van der Waals surface area contributed by atoms with Crippen molar-refractivity contribution in [2.24, 2.45) is 0 Å². The molecule has 4 aromatic rings. The SMILES string of the molecule is Cc1cnn([C@@H](C)[C@@H](C)O)c1.Cc1cnn([C@@H](C)[C@H](C)O)c1.Cc1cnn([C@H](C)[C@@H](C)O)c1.Cc1cnn([C@H](C)[C@H](C)O)c1. The molecule has 0 aliphatic rings. The lowest BCUT2D eigenvalue weighted by molar-refractivity contribution is 0.132. The van der Waals surface area contributed by atoms with Crippen LogP contribution in [0.15, 0.2) is 49.6 Å². The Labute approximate surface area is 263 Å². The Balaban J connectivity index is 0.000000293. The number of aryl methyl sites for hydroxylation is 4. The quantitative estimate of drug-likeness (QED) is 0.225. The van der Waals surface area contributed by atoms with Crippen LogP contribution in [0, 0.1) is 27.7 Å². The third-order valence-electron chi connectivity index (χ3n) is 7.38. The minimum absolute atomic E-state index is 0.0590. The lowest BCUT2D eigenvalue weighted by Gasteiger charge is -2.14. The number of aliphatic hydroxyl groups is 4. The molecule has 0 aliphatic carbocycles. The smallest absolute Gasteiger partial charge is 0.0747 e. The van der Waals surface area contributed by atoms with Crippen molar-refractivity contribution in [3.8, 4) is 0 Å². The van der Waals surface area contributed by atoms with E-state index in [0.717, 1.165) is 22.3 Å². The molecule has 44 heavy (non-hydrogen) atoms. The molecule has 0 aliphatic heterocycles. The number of aromatic nitrogens is 8. The molecule has 0 saturated carbocycles. The van der Waals surface area contributed by atoms with E-state index in [1.54, 1.807) is 71.2 Å². The summed E-state index contributed by atoms with van der Waals surface area (Å²) >= 11 is 0. The molecular formula is C32H56N8O4. The van der Waals surface area contributed by atoms with Crippen LogP contribution in [0.1, 0.15) is 102 Å². The molecule has 0 spiro atoms. The number of rotatable bonds is 8. The van der Waals surface area contributed by atoms with Crippen molar-refractivity contribution in [2.45, 2.75) is 132 Å². The first-order valence-electron chi connectivity index (χ1n) is 15.2. The first-order chi connectivity index (χ1) is 20.4. The number of aliphatic hydroxyl groups excluding tert-OH is 4. The van der Waals surface area contributed by atoms with Gasteiger partial charge in [0.25, 0.3) is 0 Å². The van der Waals surface area contributed by atoms with E-state index in [4.69, 9.17) is 0 Å². The average molecular weight is 617 g/mol. The van der Waals surface area contributed by atoms with Crippen LogP contribution in [0.3, 0.4) is 0 Å². The second kappa shape index (κ2) is 18.5. The maximum absolute atomic E-state index is 9.22. The molecule has 12 heteroatoms. The van der Waals surface area contributed by atoms with Gasteiger partial charge >= 0.3 is 0 Å². The van der Waals surface area contributed by atoms with Crippen LogP contribution < -0.4 is 0 Å². The normalized spacial score (nSPS) is 16.4. The summed E-state index contributed by atoms with van der Waals surface area (Å²) in [6.07, 6.45) is 13.5. The fraction of sp³-hybridized carbons (Fsp3) is 0.625. The summed E-state index contributed by atoms with van der Waals surface area (Å²) in [5.41, 5.74) is 4.49. The Morgan fingerprint density at radius 1 is 0.386 bits per heavy atom. The molecule has 0 amide bonds. The zero-order valence-electron chi connectivity index (χ0n) is 28.6. The molecule has 0 radical (unpaired) electrons. The molecule has 4 heterocycles. The Morgan fingerprint density at radius 3 is 0.636 bits per heavy atom. The van der Waals surface area contributed by atoms with Gasteiger partial charge in [0.15, 0.2) is 0 Å². The van der Waals surface area contributed by atoms with Crippen molar-refractivity contribution >= 4 is 0 Å². The summed E-state index contributed by atoms with van der Waals surface area (Å²) in [5.74, 6) is 0. The summed E-state index contributed by atoms with van der Waals surface area (Å²) in [7, 11) is 0. The molecule has 248 valence electrons. The second-order valence-corrected chi connectivity index (χ2v) is 11.9. The van der Waals surface area contributed by atoms with Crippen molar-refractivity contribution in [1.29, 1.82) is 0 Å². The molecule has 0 aromatic carbocycles. The predicted octanol–water partition coefficient (Wildman–Crippen LogP) is 4.53. The largest absolute Gasteiger partial charge is 0.391 e. The average Bonchev–Trinajstić information content (AvgIpc) is 3.77. The number of hydrogen-bond acceptors (Lipinski definition) is 8. The Morgan fingerprint density at radius 2 is 0.545 bits per heavy atom. The van der Waals surface area contributed by atoms with Crippen LogP contribution in [0.5, 0.6) is 0 Å². The van der Waals surface area contributed by atoms with E-state index in [2.05, 4.69) is 20.4 Å². The van der Waals surface area contributed by atoms with Crippen molar-refractivity contribution in [3.63, 3.8) is 0 Å². The van der Waals surface area contributed by atoms with E-state index in [9.17, 15) is 20.4 Å². The van der Waals surface area contributed by atoms with E-state index in [1.807, 2.05) is 80.2 Å². The fourth-order valence-corrected chi connectivity index (χ4v) is 3.51. The summed E-state index contributed by atoms with van der Waals surface area (Å²) in [6.45, 7) is 22.8. The Kier molecular flexibility index (Phi) is 16.3. The Hall–Kier alpha value is -3.32. The third-order valence-corrected chi connectivity index (χ3v) is 7.38. The van der Waals surface area contributed by atoms with Crippen molar-refractivity contribution in [3.05, 3.63) is 71.8 Å². The molecule has 0 unspecified atom stereocenters. The minimum Gasteiger partial charge on any atom is -0.391 e. The maximum atomic E-state index is 9.22. The van der Waals surface area contributed by atoms with Gasteiger partial charge in [0, 0.05) is 24.8 Å². The topological polar surface area (TPSA) is 152 Å². The van der Waals surface area contributed by atoms with Gasteiger partial charge in [-0.05, 0) is 105 Å². The molecule has 0 saturated heterocycles.